The Labute approximate surface area is 192 Å². The number of likely N-dealkylation sites (tertiary alicyclic amines) is 1. The number of nitrogens with one attached hydrogen (secondary N) is 1. The minimum absolute atomic E-state index is 0.0901. The van der Waals surface area contributed by atoms with E-state index >= 15 is 0 Å². The fraction of sp³-hybridized carbons (Fsp3) is 0.261. The van der Waals surface area contributed by atoms with Crippen LogP contribution in [0.2, 0.25) is 0 Å². The molecule has 7 nitrogen and oxygen atoms in total. The summed E-state index contributed by atoms with van der Waals surface area (Å²) >= 11 is 2.90. The highest BCUT2D eigenvalue weighted by atomic mass is 32.1. The predicted molar refractivity (Wildman–Crippen MR) is 126 cm³/mol. The Morgan fingerprint density at radius 1 is 1.25 bits per heavy atom. The van der Waals surface area contributed by atoms with Crippen molar-refractivity contribution >= 4 is 54.8 Å². The number of fused-ring (bicyclic) bond motifs is 2. The third kappa shape index (κ3) is 3.62. The lowest BCUT2D eigenvalue weighted by Gasteiger charge is -2.13. The summed E-state index contributed by atoms with van der Waals surface area (Å²) in [5.74, 6) is 1.09. The summed E-state index contributed by atoms with van der Waals surface area (Å²) in [4.78, 5) is 32.6. The lowest BCUT2D eigenvalue weighted by Crippen LogP contribution is -2.28. The molecule has 1 aliphatic heterocycles. The number of thiophene rings is 2. The van der Waals surface area contributed by atoms with Gasteiger partial charge in [-0.25, -0.2) is 0 Å². The molecule has 0 unspecified atom stereocenters. The molecule has 0 bridgehead atoms. The van der Waals surface area contributed by atoms with E-state index in [0.29, 0.717) is 47.0 Å². The summed E-state index contributed by atoms with van der Waals surface area (Å²) in [6.07, 6.45) is 1.82. The van der Waals surface area contributed by atoms with Crippen LogP contribution in [-0.2, 0) is 0 Å². The molecule has 4 heterocycles. The van der Waals surface area contributed by atoms with E-state index in [1.807, 2.05) is 25.1 Å². The molecule has 1 saturated heterocycles. The van der Waals surface area contributed by atoms with Crippen molar-refractivity contribution in [2.75, 3.05) is 20.1 Å². The topological polar surface area (TPSA) is 91.8 Å². The minimum Gasteiger partial charge on any atom is -0.456 e. The van der Waals surface area contributed by atoms with Crippen LogP contribution in [0.4, 0.5) is 0 Å². The quantitative estimate of drug-likeness (QED) is 0.470. The van der Waals surface area contributed by atoms with Crippen LogP contribution in [0.5, 0.6) is 11.5 Å². The second-order valence-electron chi connectivity index (χ2n) is 7.70. The summed E-state index contributed by atoms with van der Waals surface area (Å²) in [6.45, 7) is 2.86. The highest BCUT2D eigenvalue weighted by Gasteiger charge is 2.27. The number of benzene rings is 1. The Hall–Kier alpha value is -3.01. The lowest BCUT2D eigenvalue weighted by molar-refractivity contribution is 0.0769. The van der Waals surface area contributed by atoms with Gasteiger partial charge >= 0.3 is 0 Å². The molecule has 1 atom stereocenters. The zero-order valence-corrected chi connectivity index (χ0v) is 19.2. The van der Waals surface area contributed by atoms with Crippen LogP contribution in [-0.4, -0.2) is 53.0 Å². The van der Waals surface area contributed by atoms with E-state index in [1.165, 1.54) is 11.3 Å². The number of aryl methyl sites for hydroxylation is 1. The van der Waals surface area contributed by atoms with E-state index in [2.05, 4.69) is 10.3 Å². The Morgan fingerprint density at radius 3 is 2.84 bits per heavy atom. The van der Waals surface area contributed by atoms with Gasteiger partial charge in [0, 0.05) is 47.4 Å². The fourth-order valence-electron chi connectivity index (χ4n) is 3.98. The van der Waals surface area contributed by atoms with Gasteiger partial charge in [0.2, 0.25) is 0 Å². The second-order valence-corrected chi connectivity index (χ2v) is 10.0. The molecule has 164 valence electrons. The molecular formula is C23H21N3O4S2. The van der Waals surface area contributed by atoms with Gasteiger partial charge in [-0.15, -0.1) is 22.7 Å². The Kier molecular flexibility index (Phi) is 5.32. The number of aromatic nitrogens is 1. The van der Waals surface area contributed by atoms with Crippen molar-refractivity contribution in [1.82, 2.24) is 15.2 Å². The summed E-state index contributed by atoms with van der Waals surface area (Å²) < 4.78 is 7.95. The number of aliphatic hydroxyl groups excluding tert-OH is 1. The van der Waals surface area contributed by atoms with Gasteiger partial charge in [-0.3, -0.25) is 14.6 Å². The van der Waals surface area contributed by atoms with Crippen molar-refractivity contribution < 1.29 is 19.4 Å². The van der Waals surface area contributed by atoms with Gasteiger partial charge < -0.3 is 20.1 Å². The molecule has 0 radical (unpaired) electrons. The van der Waals surface area contributed by atoms with E-state index < -0.39 is 6.10 Å². The van der Waals surface area contributed by atoms with Crippen molar-refractivity contribution in [2.24, 2.45) is 0 Å². The minimum atomic E-state index is -0.454. The zero-order chi connectivity index (χ0) is 22.4. The highest BCUT2D eigenvalue weighted by molar-refractivity contribution is 7.21. The van der Waals surface area contributed by atoms with Crippen molar-refractivity contribution in [2.45, 2.75) is 19.4 Å². The van der Waals surface area contributed by atoms with Gasteiger partial charge in [0.25, 0.3) is 11.8 Å². The van der Waals surface area contributed by atoms with Crippen LogP contribution < -0.4 is 10.1 Å². The maximum Gasteiger partial charge on any atom is 0.264 e. The summed E-state index contributed by atoms with van der Waals surface area (Å²) in [5, 5.41) is 13.3. The van der Waals surface area contributed by atoms with Crippen LogP contribution in [0.15, 0.2) is 36.5 Å². The molecule has 0 spiro atoms. The SMILES string of the molecule is CNC(=O)c1c(C)sc2cc(Oc3ccnc4cc(C(=O)N5CC[C@@H](O)C5)sc34)ccc12. The normalized spacial score (nSPS) is 16.1. The predicted octanol–water partition coefficient (Wildman–Crippen LogP) is 4.18. The number of pyridine rings is 1. The van der Waals surface area contributed by atoms with E-state index in [9.17, 15) is 14.7 Å². The summed E-state index contributed by atoms with van der Waals surface area (Å²) in [6, 6.07) is 9.24. The van der Waals surface area contributed by atoms with Crippen molar-refractivity contribution in [3.05, 3.63) is 51.8 Å². The molecule has 1 aromatic carbocycles. The van der Waals surface area contributed by atoms with Crippen LogP contribution in [0, 0.1) is 6.92 Å². The summed E-state index contributed by atoms with van der Waals surface area (Å²) in [7, 11) is 1.63. The van der Waals surface area contributed by atoms with Crippen molar-refractivity contribution in [3.63, 3.8) is 0 Å². The van der Waals surface area contributed by atoms with E-state index in [-0.39, 0.29) is 11.8 Å². The molecule has 3 aromatic heterocycles. The smallest absolute Gasteiger partial charge is 0.264 e. The highest BCUT2D eigenvalue weighted by Crippen LogP contribution is 2.38. The Morgan fingerprint density at radius 2 is 2.09 bits per heavy atom. The van der Waals surface area contributed by atoms with E-state index in [4.69, 9.17) is 4.74 Å². The van der Waals surface area contributed by atoms with Crippen molar-refractivity contribution in [3.8, 4) is 11.5 Å². The maximum absolute atomic E-state index is 12.8. The third-order valence-corrected chi connectivity index (χ3v) is 7.75. The molecule has 0 saturated carbocycles. The van der Waals surface area contributed by atoms with Crippen LogP contribution >= 0.6 is 22.7 Å². The van der Waals surface area contributed by atoms with Gasteiger partial charge in [0.05, 0.1) is 26.8 Å². The number of ether oxygens (including phenoxy) is 1. The number of amides is 2. The number of β-amino-alcohol motifs (C(OH)–C–C–N with tert-alkyl or cyclic N) is 1. The first-order valence-corrected chi connectivity index (χ1v) is 11.9. The van der Waals surface area contributed by atoms with Gasteiger partial charge in [-0.2, -0.15) is 0 Å². The summed E-state index contributed by atoms with van der Waals surface area (Å²) in [5.41, 5.74) is 1.39. The van der Waals surface area contributed by atoms with Gasteiger partial charge in [-0.1, -0.05) is 0 Å². The maximum atomic E-state index is 12.8. The van der Waals surface area contributed by atoms with Gasteiger partial charge in [0.1, 0.15) is 11.5 Å². The number of rotatable bonds is 4. The first kappa shape index (κ1) is 20.9. The largest absolute Gasteiger partial charge is 0.456 e. The van der Waals surface area contributed by atoms with Crippen LogP contribution in [0.3, 0.4) is 0 Å². The zero-order valence-electron chi connectivity index (χ0n) is 17.5. The molecule has 9 heteroatoms. The first-order chi connectivity index (χ1) is 15.4. The number of nitrogens with zero attached hydrogens (tertiary/aromatic N) is 2. The molecule has 4 aromatic rings. The average molecular weight is 468 g/mol. The number of carbonyl (C=O) groups excluding carboxylic acids is 2. The van der Waals surface area contributed by atoms with E-state index in [0.717, 1.165) is 19.7 Å². The van der Waals surface area contributed by atoms with Gasteiger partial charge in [0.15, 0.2) is 0 Å². The Bertz CT molecular complexity index is 1360. The number of aliphatic hydroxyl groups is 1. The number of carbonyl (C=O) groups is 2. The molecule has 1 fully saturated rings. The molecule has 1 aliphatic rings. The van der Waals surface area contributed by atoms with E-state index in [1.54, 1.807) is 41.6 Å². The monoisotopic (exact) mass is 467 g/mol. The average Bonchev–Trinajstić information content (AvgIpc) is 3.49. The van der Waals surface area contributed by atoms with Crippen LogP contribution in [0.25, 0.3) is 20.3 Å². The van der Waals surface area contributed by atoms with Crippen LogP contribution in [0.1, 0.15) is 31.3 Å². The molecule has 5 rings (SSSR count). The Balaban J connectivity index is 1.46. The fourth-order valence-corrected chi connectivity index (χ4v) is 6.10. The third-order valence-electron chi connectivity index (χ3n) is 5.56. The molecule has 32 heavy (non-hydrogen) atoms. The van der Waals surface area contributed by atoms with Crippen molar-refractivity contribution in [1.29, 1.82) is 0 Å². The standard InChI is InChI=1S/C23H21N3O4S2/c1-12-20(22(28)24-2)15-4-3-14(9-18(15)31-12)30-17-5-7-25-16-10-19(32-21(16)17)23(29)26-8-6-13(27)11-26/h3-5,7,9-10,13,27H,6,8,11H2,1-2H3,(H,24,28)/t13-/m1/s1. The molecular weight excluding hydrogens is 446 g/mol. The first-order valence-electron chi connectivity index (χ1n) is 10.2. The molecule has 0 aliphatic carbocycles. The molecule has 2 N–H and O–H groups in total. The second kappa shape index (κ2) is 8.16. The number of hydrogen-bond donors (Lipinski definition) is 2. The molecule has 2 amide bonds. The van der Waals surface area contributed by atoms with Gasteiger partial charge in [-0.05, 0) is 37.6 Å². The number of hydrogen-bond acceptors (Lipinski definition) is 7. The lowest BCUT2D eigenvalue weighted by atomic mass is 10.1.